The molecule has 0 bridgehead atoms. The van der Waals surface area contributed by atoms with Gasteiger partial charge in [-0.05, 0) is 13.0 Å². The molecular formula is C9H8F3NO2. The molecule has 0 aliphatic rings. The Kier molecular flexibility index (Phi) is 3.28. The molecule has 0 radical (unpaired) electrons. The number of ketones is 1. The number of hydrogen-bond donors (Lipinski definition) is 0. The fraction of sp³-hybridized carbons (Fsp3) is 0.333. The number of ether oxygens (including phenoxy) is 1. The second-order valence-corrected chi connectivity index (χ2v) is 2.65. The van der Waals surface area contributed by atoms with Gasteiger partial charge in [0.25, 0.3) is 5.78 Å². The van der Waals surface area contributed by atoms with Crippen molar-refractivity contribution in [3.63, 3.8) is 0 Å². The minimum Gasteiger partial charge on any atom is -0.478 e. The standard InChI is InChI=1S/C9H8F3NO2/c1-2-15-7-4-3-6(5-13-7)8(14)9(10,11)12/h3-5H,2H2,1H3. The number of halogens is 3. The Morgan fingerprint density at radius 3 is 2.53 bits per heavy atom. The summed E-state index contributed by atoms with van der Waals surface area (Å²) in [6, 6.07) is 2.26. The van der Waals surface area contributed by atoms with Gasteiger partial charge in [-0.15, -0.1) is 0 Å². The van der Waals surface area contributed by atoms with Crippen molar-refractivity contribution < 1.29 is 22.7 Å². The molecule has 82 valence electrons. The minimum absolute atomic E-state index is 0.191. The van der Waals surface area contributed by atoms with E-state index in [2.05, 4.69) is 4.98 Å². The number of pyridine rings is 1. The summed E-state index contributed by atoms with van der Waals surface area (Å²) in [5.74, 6) is -1.71. The third kappa shape index (κ3) is 2.93. The summed E-state index contributed by atoms with van der Waals surface area (Å²) in [6.07, 6.45) is -4.02. The molecule has 1 aromatic heterocycles. The molecule has 0 saturated carbocycles. The SMILES string of the molecule is CCOc1ccc(C(=O)C(F)(F)F)cn1. The van der Waals surface area contributed by atoms with Crippen LogP contribution >= 0.6 is 0 Å². The van der Waals surface area contributed by atoms with E-state index in [4.69, 9.17) is 4.74 Å². The van der Waals surface area contributed by atoms with E-state index in [1.54, 1.807) is 6.92 Å². The van der Waals surface area contributed by atoms with Crippen LogP contribution in [0.5, 0.6) is 5.88 Å². The van der Waals surface area contributed by atoms with Crippen LogP contribution in [-0.4, -0.2) is 23.6 Å². The average molecular weight is 219 g/mol. The summed E-state index contributed by atoms with van der Waals surface area (Å²) in [5, 5.41) is 0. The van der Waals surface area contributed by atoms with Crippen molar-refractivity contribution in [1.82, 2.24) is 4.98 Å². The minimum atomic E-state index is -4.87. The van der Waals surface area contributed by atoms with Crippen LogP contribution in [0.2, 0.25) is 0 Å². The highest BCUT2D eigenvalue weighted by Gasteiger charge is 2.39. The molecule has 15 heavy (non-hydrogen) atoms. The lowest BCUT2D eigenvalue weighted by molar-refractivity contribution is -0.0885. The van der Waals surface area contributed by atoms with Crippen LogP contribution in [0.4, 0.5) is 13.2 Å². The van der Waals surface area contributed by atoms with Crippen LogP contribution in [0.3, 0.4) is 0 Å². The highest BCUT2D eigenvalue weighted by atomic mass is 19.4. The number of carbonyl (C=O) groups is 1. The van der Waals surface area contributed by atoms with Gasteiger partial charge in [-0.1, -0.05) is 0 Å². The Labute approximate surface area is 83.9 Å². The molecule has 0 spiro atoms. The second-order valence-electron chi connectivity index (χ2n) is 2.65. The van der Waals surface area contributed by atoms with Crippen molar-refractivity contribution in [2.24, 2.45) is 0 Å². The van der Waals surface area contributed by atoms with Crippen molar-refractivity contribution in [1.29, 1.82) is 0 Å². The highest BCUT2D eigenvalue weighted by Crippen LogP contribution is 2.21. The molecule has 3 nitrogen and oxygen atoms in total. The molecule has 0 aliphatic carbocycles. The van der Waals surface area contributed by atoms with Gasteiger partial charge < -0.3 is 4.74 Å². The quantitative estimate of drug-likeness (QED) is 0.731. The molecule has 0 saturated heterocycles. The zero-order valence-electron chi connectivity index (χ0n) is 7.84. The lowest BCUT2D eigenvalue weighted by Gasteiger charge is -2.05. The zero-order chi connectivity index (χ0) is 11.5. The Bertz CT molecular complexity index is 345. The average Bonchev–Trinajstić information content (AvgIpc) is 2.17. The first-order valence-corrected chi connectivity index (χ1v) is 4.15. The predicted octanol–water partition coefficient (Wildman–Crippen LogP) is 2.23. The topological polar surface area (TPSA) is 39.2 Å². The van der Waals surface area contributed by atoms with Crippen molar-refractivity contribution in [3.8, 4) is 5.88 Å². The normalized spacial score (nSPS) is 11.2. The molecule has 0 aliphatic heterocycles. The van der Waals surface area contributed by atoms with E-state index in [1.165, 1.54) is 6.07 Å². The van der Waals surface area contributed by atoms with Crippen LogP contribution in [0, 0.1) is 0 Å². The predicted molar refractivity (Wildman–Crippen MR) is 45.8 cm³/mol. The van der Waals surface area contributed by atoms with Gasteiger partial charge in [-0.3, -0.25) is 4.79 Å². The monoisotopic (exact) mass is 219 g/mol. The highest BCUT2D eigenvalue weighted by molar-refractivity contribution is 5.99. The molecule has 0 atom stereocenters. The third-order valence-corrected chi connectivity index (χ3v) is 1.55. The van der Waals surface area contributed by atoms with Crippen LogP contribution in [0.15, 0.2) is 18.3 Å². The number of carbonyl (C=O) groups excluding carboxylic acids is 1. The van der Waals surface area contributed by atoms with Gasteiger partial charge in [0, 0.05) is 17.8 Å². The summed E-state index contributed by atoms with van der Waals surface area (Å²) < 4.78 is 40.8. The summed E-state index contributed by atoms with van der Waals surface area (Å²) in [4.78, 5) is 14.3. The van der Waals surface area contributed by atoms with E-state index >= 15 is 0 Å². The van der Waals surface area contributed by atoms with Crippen LogP contribution < -0.4 is 4.74 Å². The first-order valence-electron chi connectivity index (χ1n) is 4.15. The zero-order valence-corrected chi connectivity index (χ0v) is 7.84. The summed E-state index contributed by atoms with van der Waals surface area (Å²) in [7, 11) is 0. The molecule has 0 aromatic carbocycles. The Morgan fingerprint density at radius 1 is 1.47 bits per heavy atom. The fourth-order valence-corrected chi connectivity index (χ4v) is 0.912. The third-order valence-electron chi connectivity index (χ3n) is 1.55. The van der Waals surface area contributed by atoms with Gasteiger partial charge in [0.1, 0.15) is 0 Å². The fourth-order valence-electron chi connectivity index (χ4n) is 0.912. The maximum atomic E-state index is 12.0. The molecule has 0 fully saturated rings. The molecule has 1 aromatic rings. The van der Waals surface area contributed by atoms with Gasteiger partial charge in [-0.25, -0.2) is 4.98 Å². The van der Waals surface area contributed by atoms with Gasteiger partial charge in [0.2, 0.25) is 5.88 Å². The maximum absolute atomic E-state index is 12.0. The van der Waals surface area contributed by atoms with E-state index in [-0.39, 0.29) is 5.88 Å². The molecule has 1 heterocycles. The van der Waals surface area contributed by atoms with E-state index in [1.807, 2.05) is 0 Å². The van der Waals surface area contributed by atoms with Crippen molar-refractivity contribution in [3.05, 3.63) is 23.9 Å². The number of aromatic nitrogens is 1. The largest absolute Gasteiger partial charge is 0.478 e. The number of nitrogens with zero attached hydrogens (tertiary/aromatic N) is 1. The van der Waals surface area contributed by atoms with Crippen LogP contribution in [0.1, 0.15) is 17.3 Å². The van der Waals surface area contributed by atoms with Gasteiger partial charge in [0.05, 0.1) is 6.61 Å². The number of Topliss-reactive ketones (excluding diaryl/α,β-unsaturated/α-hetero) is 1. The number of hydrogen-bond acceptors (Lipinski definition) is 3. The molecule has 0 unspecified atom stereocenters. The summed E-state index contributed by atoms with van der Waals surface area (Å²) in [5.41, 5.74) is -0.494. The van der Waals surface area contributed by atoms with Crippen molar-refractivity contribution in [2.45, 2.75) is 13.1 Å². The lowest BCUT2D eigenvalue weighted by atomic mass is 10.2. The van der Waals surface area contributed by atoms with E-state index in [9.17, 15) is 18.0 Å². The first kappa shape index (κ1) is 11.5. The van der Waals surface area contributed by atoms with E-state index in [0.29, 0.717) is 6.61 Å². The molecular weight excluding hydrogens is 211 g/mol. The Hall–Kier alpha value is -1.59. The van der Waals surface area contributed by atoms with Crippen LogP contribution in [0.25, 0.3) is 0 Å². The maximum Gasteiger partial charge on any atom is 0.454 e. The molecule has 1 rings (SSSR count). The van der Waals surface area contributed by atoms with Gasteiger partial charge >= 0.3 is 6.18 Å². The van der Waals surface area contributed by atoms with Gasteiger partial charge in [0.15, 0.2) is 0 Å². The number of alkyl halides is 3. The Balaban J connectivity index is 2.85. The summed E-state index contributed by atoms with van der Waals surface area (Å²) >= 11 is 0. The lowest BCUT2D eigenvalue weighted by Crippen LogP contribution is -2.22. The van der Waals surface area contributed by atoms with E-state index in [0.717, 1.165) is 12.3 Å². The number of rotatable bonds is 3. The first-order chi connectivity index (χ1) is 6.95. The Morgan fingerprint density at radius 2 is 2.13 bits per heavy atom. The van der Waals surface area contributed by atoms with E-state index < -0.39 is 17.5 Å². The van der Waals surface area contributed by atoms with Gasteiger partial charge in [-0.2, -0.15) is 13.2 Å². The molecule has 0 amide bonds. The molecule has 0 N–H and O–H groups in total. The second kappa shape index (κ2) is 4.29. The molecule has 6 heteroatoms. The van der Waals surface area contributed by atoms with Crippen LogP contribution in [-0.2, 0) is 0 Å². The smallest absolute Gasteiger partial charge is 0.454 e. The van der Waals surface area contributed by atoms with Crippen molar-refractivity contribution >= 4 is 5.78 Å². The summed E-state index contributed by atoms with van der Waals surface area (Å²) in [6.45, 7) is 2.08. The van der Waals surface area contributed by atoms with Crippen molar-refractivity contribution in [2.75, 3.05) is 6.61 Å².